The van der Waals surface area contributed by atoms with Crippen LogP contribution >= 0.6 is 0 Å². The molecule has 9 nitrogen and oxygen atoms in total. The molecule has 3 fully saturated rings. The number of halogens is 3. The molecule has 1 spiro atoms. The molecule has 0 atom stereocenters. The van der Waals surface area contributed by atoms with Crippen molar-refractivity contribution in [2.24, 2.45) is 23.9 Å². The van der Waals surface area contributed by atoms with Gasteiger partial charge in [0.05, 0.1) is 11.7 Å². The van der Waals surface area contributed by atoms with Crippen LogP contribution < -0.4 is 0 Å². The molecule has 1 aliphatic carbocycles. The molecule has 2 saturated heterocycles. The molecule has 0 bridgehead atoms. The van der Waals surface area contributed by atoms with Crippen LogP contribution in [0, 0.1) is 11.8 Å². The van der Waals surface area contributed by atoms with Crippen LogP contribution in [0.3, 0.4) is 0 Å². The van der Waals surface area contributed by atoms with Gasteiger partial charge in [0.1, 0.15) is 11.4 Å². The van der Waals surface area contributed by atoms with E-state index in [9.17, 15) is 27.6 Å². The van der Waals surface area contributed by atoms with Gasteiger partial charge in [-0.3, -0.25) is 29.0 Å². The first-order chi connectivity index (χ1) is 20.5. The maximum Gasteiger partial charge on any atom is 0.471 e. The quantitative estimate of drug-likeness (QED) is 0.453. The zero-order chi connectivity index (χ0) is 30.1. The average molecular weight is 593 g/mol. The fourth-order valence-corrected chi connectivity index (χ4v) is 6.50. The first-order valence-corrected chi connectivity index (χ1v) is 14.6. The van der Waals surface area contributed by atoms with Crippen molar-refractivity contribution >= 4 is 34.5 Å². The van der Waals surface area contributed by atoms with Crippen LogP contribution in [0.15, 0.2) is 53.7 Å². The van der Waals surface area contributed by atoms with E-state index in [2.05, 4.69) is 11.2 Å². The molecule has 4 aliphatic rings. The number of rotatable bonds is 5. The van der Waals surface area contributed by atoms with Gasteiger partial charge in [-0.25, -0.2) is 0 Å². The van der Waals surface area contributed by atoms with Gasteiger partial charge >= 0.3 is 12.1 Å². The Labute approximate surface area is 245 Å². The summed E-state index contributed by atoms with van der Waals surface area (Å²) < 4.78 is 41.0. The molecule has 1 saturated carbocycles. The smallest absolute Gasteiger partial charge is 0.342 e. The van der Waals surface area contributed by atoms with Crippen molar-refractivity contribution in [3.05, 3.63) is 54.2 Å². The SMILES string of the molecule is Cn1ncc2cc(-c3ccc(C4=NC5(CCN(C(=O)C(F)(F)F)CC5)C(=O)N4CC4CN(C(=O)C5CC5)C4)cc3)ccc21. The molecule has 2 aromatic carbocycles. The molecule has 0 unspecified atom stereocenters. The molecule has 3 aromatic rings. The molecule has 0 radical (unpaired) electrons. The maximum atomic E-state index is 14.0. The summed E-state index contributed by atoms with van der Waals surface area (Å²) in [4.78, 5) is 47.4. The Hall–Kier alpha value is -4.22. The third-order valence-corrected chi connectivity index (χ3v) is 9.20. The third-order valence-electron chi connectivity index (χ3n) is 9.20. The Balaban J connectivity index is 1.14. The number of amides is 3. The number of benzene rings is 2. The second-order valence-corrected chi connectivity index (χ2v) is 12.2. The number of likely N-dealkylation sites (tertiary alicyclic amines) is 2. The minimum absolute atomic E-state index is 0.0216. The number of hydrogen-bond donors (Lipinski definition) is 0. The van der Waals surface area contributed by atoms with E-state index in [1.165, 1.54) is 0 Å². The highest BCUT2D eigenvalue weighted by Crippen LogP contribution is 2.38. The van der Waals surface area contributed by atoms with Crippen LogP contribution in [-0.2, 0) is 21.4 Å². The van der Waals surface area contributed by atoms with Gasteiger partial charge in [0.25, 0.3) is 5.91 Å². The number of carbonyl (C=O) groups excluding carboxylic acids is 3. The fraction of sp³-hybridized carbons (Fsp3) is 0.452. The molecular weight excluding hydrogens is 561 g/mol. The number of nitrogens with zero attached hydrogens (tertiary/aromatic N) is 6. The van der Waals surface area contributed by atoms with Gasteiger partial charge < -0.3 is 9.80 Å². The molecule has 4 heterocycles. The van der Waals surface area contributed by atoms with Crippen LogP contribution in [0.1, 0.15) is 31.2 Å². The summed E-state index contributed by atoms with van der Waals surface area (Å²) in [5.74, 6) is -1.25. The third kappa shape index (κ3) is 4.86. The van der Waals surface area contributed by atoms with Crippen molar-refractivity contribution in [3.8, 4) is 11.1 Å². The van der Waals surface area contributed by atoms with E-state index in [1.807, 2.05) is 59.2 Å². The van der Waals surface area contributed by atoms with Crippen molar-refractivity contribution in [2.75, 3.05) is 32.7 Å². The predicted octanol–water partition coefficient (Wildman–Crippen LogP) is 3.62. The predicted molar refractivity (Wildman–Crippen MR) is 152 cm³/mol. The van der Waals surface area contributed by atoms with E-state index < -0.39 is 17.6 Å². The van der Waals surface area contributed by atoms with Crippen molar-refractivity contribution in [1.82, 2.24) is 24.5 Å². The number of alkyl halides is 3. The van der Waals surface area contributed by atoms with Gasteiger partial charge in [0.15, 0.2) is 0 Å². The van der Waals surface area contributed by atoms with E-state index in [-0.39, 0.29) is 49.6 Å². The molecule has 1 aromatic heterocycles. The normalized spacial score (nSPS) is 20.6. The Bertz CT molecular complexity index is 1650. The fourth-order valence-electron chi connectivity index (χ4n) is 6.50. The van der Waals surface area contributed by atoms with Gasteiger partial charge in [-0.1, -0.05) is 30.3 Å². The highest BCUT2D eigenvalue weighted by molar-refractivity contribution is 6.15. The van der Waals surface area contributed by atoms with Gasteiger partial charge in [-0.2, -0.15) is 18.3 Å². The number of piperidine rings is 1. The highest BCUT2D eigenvalue weighted by atomic mass is 19.4. The van der Waals surface area contributed by atoms with Crippen molar-refractivity contribution in [3.63, 3.8) is 0 Å². The first-order valence-electron chi connectivity index (χ1n) is 14.6. The Morgan fingerprint density at radius 2 is 1.60 bits per heavy atom. The minimum Gasteiger partial charge on any atom is -0.342 e. The minimum atomic E-state index is -4.96. The lowest BCUT2D eigenvalue weighted by atomic mass is 9.87. The zero-order valence-electron chi connectivity index (χ0n) is 23.7. The molecule has 224 valence electrons. The van der Waals surface area contributed by atoms with Gasteiger partial charge in [0.2, 0.25) is 5.91 Å². The molecule has 3 aliphatic heterocycles. The zero-order valence-corrected chi connectivity index (χ0v) is 23.7. The lowest BCUT2D eigenvalue weighted by molar-refractivity contribution is -0.187. The average Bonchev–Trinajstić information content (AvgIpc) is 3.72. The van der Waals surface area contributed by atoms with E-state index in [0.717, 1.165) is 45.3 Å². The molecule has 3 amide bonds. The molecular formula is C31H31F3N6O3. The monoisotopic (exact) mass is 592 g/mol. The summed E-state index contributed by atoms with van der Waals surface area (Å²) in [5.41, 5.74) is 2.54. The lowest BCUT2D eigenvalue weighted by Gasteiger charge is -2.42. The lowest BCUT2D eigenvalue weighted by Crippen LogP contribution is -2.57. The van der Waals surface area contributed by atoms with E-state index >= 15 is 0 Å². The van der Waals surface area contributed by atoms with Gasteiger partial charge in [-0.15, -0.1) is 0 Å². The highest BCUT2D eigenvalue weighted by Gasteiger charge is 2.53. The van der Waals surface area contributed by atoms with Gasteiger partial charge in [0, 0.05) is 62.6 Å². The van der Waals surface area contributed by atoms with Crippen LogP contribution in [0.5, 0.6) is 0 Å². The van der Waals surface area contributed by atoms with Crippen LogP contribution in [0.25, 0.3) is 22.0 Å². The standard InChI is InChI=1S/C31H31F3N6O3/c1-37-25-9-8-23(14-24(25)15-35-37)20-2-4-21(5-3-20)26-36-30(10-12-38(13-11-30)29(43)31(32,33)34)28(42)40(26)18-19-16-39(17-19)27(41)22-6-7-22/h2-5,8-9,14-15,19,22H,6-7,10-13,16-18H2,1H3. The van der Waals surface area contributed by atoms with Crippen LogP contribution in [-0.4, -0.2) is 92.5 Å². The molecule has 0 N–H and O–H groups in total. The largest absolute Gasteiger partial charge is 0.471 e. The Morgan fingerprint density at radius 3 is 2.26 bits per heavy atom. The summed E-state index contributed by atoms with van der Waals surface area (Å²) in [6, 6.07) is 13.9. The number of hydrogen-bond acceptors (Lipinski definition) is 5. The van der Waals surface area contributed by atoms with Crippen molar-refractivity contribution in [2.45, 2.75) is 37.4 Å². The Kier molecular flexibility index (Phi) is 6.37. The summed E-state index contributed by atoms with van der Waals surface area (Å²) in [7, 11) is 1.89. The van der Waals surface area contributed by atoms with Crippen LogP contribution in [0.2, 0.25) is 0 Å². The number of aromatic nitrogens is 2. The van der Waals surface area contributed by atoms with Gasteiger partial charge in [-0.05, 0) is 48.9 Å². The van der Waals surface area contributed by atoms with Crippen molar-refractivity contribution in [1.29, 1.82) is 0 Å². The maximum absolute atomic E-state index is 14.0. The summed E-state index contributed by atoms with van der Waals surface area (Å²) in [6.07, 6.45) is -1.23. The van der Waals surface area contributed by atoms with Crippen LogP contribution in [0.4, 0.5) is 13.2 Å². The number of amidine groups is 1. The molecule has 7 rings (SSSR count). The summed E-state index contributed by atoms with van der Waals surface area (Å²) in [5, 5.41) is 5.33. The molecule has 43 heavy (non-hydrogen) atoms. The van der Waals surface area contributed by atoms with E-state index in [4.69, 9.17) is 4.99 Å². The first kappa shape index (κ1) is 27.6. The Morgan fingerprint density at radius 1 is 0.953 bits per heavy atom. The summed E-state index contributed by atoms with van der Waals surface area (Å²) >= 11 is 0. The van der Waals surface area contributed by atoms with Crippen molar-refractivity contribution < 1.29 is 27.6 Å². The second kappa shape index (κ2) is 9.92. The van der Waals surface area contributed by atoms with E-state index in [1.54, 1.807) is 4.90 Å². The molecule has 12 heteroatoms. The number of aryl methyl sites for hydroxylation is 1. The number of fused-ring (bicyclic) bond motifs is 1. The second-order valence-electron chi connectivity index (χ2n) is 12.2. The topological polar surface area (TPSA) is 91.1 Å². The van der Waals surface area contributed by atoms with E-state index in [0.29, 0.717) is 25.5 Å². The number of aliphatic imine (C=N–C) groups is 1. The summed E-state index contributed by atoms with van der Waals surface area (Å²) in [6.45, 7) is 1.12. The number of carbonyl (C=O) groups is 3.